The first-order valence-corrected chi connectivity index (χ1v) is 8.14. The van der Waals surface area contributed by atoms with Crippen LogP contribution in [0.3, 0.4) is 0 Å². The highest BCUT2D eigenvalue weighted by Crippen LogP contribution is 2.30. The molecule has 1 aromatic rings. The molecule has 0 saturated carbocycles. The van der Waals surface area contributed by atoms with Gasteiger partial charge in [0.25, 0.3) is 0 Å². The molecule has 1 saturated heterocycles. The van der Waals surface area contributed by atoms with E-state index in [1.54, 1.807) is 0 Å². The summed E-state index contributed by atoms with van der Waals surface area (Å²) in [5.74, 6) is 0. The number of hydrogen-bond acceptors (Lipinski definition) is 3. The van der Waals surface area contributed by atoms with E-state index in [1.807, 2.05) is 30.0 Å². The monoisotopic (exact) mass is 284 g/mol. The Balaban J connectivity index is 2.08. The van der Waals surface area contributed by atoms with Crippen molar-refractivity contribution >= 4 is 23.4 Å². The minimum Gasteiger partial charge on any atom is -0.329 e. The number of likely N-dealkylation sites (tertiary alicyclic amines) is 1. The average molecular weight is 285 g/mol. The second-order valence-corrected chi connectivity index (χ2v) is 6.29. The topological polar surface area (TPSA) is 29.3 Å². The molecule has 1 fully saturated rings. The van der Waals surface area contributed by atoms with Crippen molar-refractivity contribution < 1.29 is 0 Å². The SMILES string of the molecule is CSC1CCN(C(CN)c2ccccc2Cl)CC1. The Morgan fingerprint density at radius 1 is 1.39 bits per heavy atom. The van der Waals surface area contributed by atoms with Crippen LogP contribution in [0.1, 0.15) is 24.4 Å². The Hall–Kier alpha value is -0.220. The molecular weight excluding hydrogens is 264 g/mol. The summed E-state index contributed by atoms with van der Waals surface area (Å²) >= 11 is 8.27. The number of piperidine rings is 1. The van der Waals surface area contributed by atoms with E-state index in [-0.39, 0.29) is 6.04 Å². The molecule has 0 amide bonds. The minimum absolute atomic E-state index is 0.265. The zero-order chi connectivity index (χ0) is 13.0. The average Bonchev–Trinajstić information content (AvgIpc) is 2.42. The number of thioether (sulfide) groups is 1. The molecule has 100 valence electrons. The number of hydrogen-bond donors (Lipinski definition) is 1. The van der Waals surface area contributed by atoms with Crippen molar-refractivity contribution in [2.24, 2.45) is 5.73 Å². The van der Waals surface area contributed by atoms with Gasteiger partial charge in [-0.3, -0.25) is 4.90 Å². The highest BCUT2D eigenvalue weighted by molar-refractivity contribution is 7.99. The maximum atomic E-state index is 6.29. The molecule has 0 aliphatic carbocycles. The van der Waals surface area contributed by atoms with Crippen molar-refractivity contribution in [3.8, 4) is 0 Å². The lowest BCUT2D eigenvalue weighted by molar-refractivity contribution is 0.170. The minimum atomic E-state index is 0.265. The molecule has 1 aliphatic rings. The van der Waals surface area contributed by atoms with Crippen molar-refractivity contribution in [1.29, 1.82) is 0 Å². The maximum Gasteiger partial charge on any atom is 0.0485 e. The Morgan fingerprint density at radius 3 is 2.61 bits per heavy atom. The molecule has 18 heavy (non-hydrogen) atoms. The molecule has 2 rings (SSSR count). The van der Waals surface area contributed by atoms with Crippen molar-refractivity contribution in [2.75, 3.05) is 25.9 Å². The van der Waals surface area contributed by atoms with Gasteiger partial charge in [-0.25, -0.2) is 0 Å². The fourth-order valence-corrected chi connectivity index (χ4v) is 3.59. The normalized spacial score (nSPS) is 19.9. The number of nitrogens with zero attached hydrogens (tertiary/aromatic N) is 1. The lowest BCUT2D eigenvalue weighted by Gasteiger charge is -2.37. The summed E-state index contributed by atoms with van der Waals surface area (Å²) in [7, 11) is 0. The fraction of sp³-hybridized carbons (Fsp3) is 0.571. The van der Waals surface area contributed by atoms with Crippen molar-refractivity contribution in [2.45, 2.75) is 24.1 Å². The molecule has 2 nitrogen and oxygen atoms in total. The van der Waals surface area contributed by atoms with Gasteiger partial charge in [-0.15, -0.1) is 0 Å². The first-order valence-electron chi connectivity index (χ1n) is 6.47. The van der Waals surface area contributed by atoms with Crippen LogP contribution in [-0.2, 0) is 0 Å². The van der Waals surface area contributed by atoms with Crippen molar-refractivity contribution in [3.63, 3.8) is 0 Å². The lowest BCUT2D eigenvalue weighted by atomic mass is 10.0. The zero-order valence-electron chi connectivity index (χ0n) is 10.8. The molecule has 1 atom stereocenters. The van der Waals surface area contributed by atoms with E-state index >= 15 is 0 Å². The second kappa shape index (κ2) is 6.80. The molecule has 1 aromatic carbocycles. The van der Waals surface area contributed by atoms with Crippen molar-refractivity contribution in [3.05, 3.63) is 34.9 Å². The smallest absolute Gasteiger partial charge is 0.0485 e. The van der Waals surface area contributed by atoms with Gasteiger partial charge in [0.15, 0.2) is 0 Å². The molecule has 0 spiro atoms. The van der Waals surface area contributed by atoms with E-state index in [9.17, 15) is 0 Å². The summed E-state index contributed by atoms with van der Waals surface area (Å²) in [6.45, 7) is 2.88. The quantitative estimate of drug-likeness (QED) is 0.921. The van der Waals surface area contributed by atoms with Gasteiger partial charge in [-0.2, -0.15) is 11.8 Å². The summed E-state index contributed by atoms with van der Waals surface area (Å²) in [6, 6.07) is 8.33. The Labute approximate surface area is 119 Å². The van der Waals surface area contributed by atoms with Gasteiger partial charge < -0.3 is 5.73 Å². The van der Waals surface area contributed by atoms with Crippen LogP contribution >= 0.6 is 23.4 Å². The first-order chi connectivity index (χ1) is 8.76. The van der Waals surface area contributed by atoms with Crippen LogP contribution in [0.15, 0.2) is 24.3 Å². The van der Waals surface area contributed by atoms with Crippen LogP contribution in [-0.4, -0.2) is 36.0 Å². The lowest BCUT2D eigenvalue weighted by Crippen LogP contribution is -2.40. The van der Waals surface area contributed by atoms with E-state index in [1.165, 1.54) is 18.4 Å². The van der Waals surface area contributed by atoms with Gasteiger partial charge >= 0.3 is 0 Å². The number of halogens is 1. The Kier molecular flexibility index (Phi) is 5.37. The van der Waals surface area contributed by atoms with Gasteiger partial charge in [0.1, 0.15) is 0 Å². The maximum absolute atomic E-state index is 6.29. The van der Waals surface area contributed by atoms with Gasteiger partial charge in [0, 0.05) is 22.9 Å². The highest BCUT2D eigenvalue weighted by atomic mass is 35.5. The molecule has 1 aliphatic heterocycles. The van der Waals surface area contributed by atoms with Crippen LogP contribution in [0, 0.1) is 0 Å². The predicted molar refractivity (Wildman–Crippen MR) is 81.4 cm³/mol. The Morgan fingerprint density at radius 2 is 2.06 bits per heavy atom. The molecule has 0 radical (unpaired) electrons. The number of benzene rings is 1. The zero-order valence-corrected chi connectivity index (χ0v) is 12.4. The third-order valence-electron chi connectivity index (χ3n) is 3.74. The Bertz CT molecular complexity index is 378. The highest BCUT2D eigenvalue weighted by Gasteiger charge is 2.25. The summed E-state index contributed by atoms with van der Waals surface area (Å²) in [5.41, 5.74) is 7.14. The van der Waals surface area contributed by atoms with E-state index in [4.69, 9.17) is 17.3 Å². The molecular formula is C14H21ClN2S. The van der Waals surface area contributed by atoms with E-state index in [0.29, 0.717) is 6.54 Å². The molecule has 0 bridgehead atoms. The fourth-order valence-electron chi connectivity index (χ4n) is 2.64. The van der Waals surface area contributed by atoms with Crippen LogP contribution in [0.25, 0.3) is 0 Å². The third-order valence-corrected chi connectivity index (χ3v) is 5.22. The standard InChI is InChI=1S/C14H21ClN2S/c1-18-11-6-8-17(9-7-11)14(10-16)12-4-2-3-5-13(12)15/h2-5,11,14H,6-10,16H2,1H3. The van der Waals surface area contributed by atoms with E-state index in [2.05, 4.69) is 17.2 Å². The molecule has 4 heteroatoms. The number of nitrogens with two attached hydrogens (primary N) is 1. The summed E-state index contributed by atoms with van der Waals surface area (Å²) in [6.07, 6.45) is 4.71. The van der Waals surface area contributed by atoms with Gasteiger partial charge in [0.2, 0.25) is 0 Å². The molecule has 1 unspecified atom stereocenters. The largest absolute Gasteiger partial charge is 0.329 e. The van der Waals surface area contributed by atoms with Crippen LogP contribution in [0.2, 0.25) is 5.02 Å². The number of rotatable bonds is 4. The van der Waals surface area contributed by atoms with Crippen LogP contribution in [0.5, 0.6) is 0 Å². The summed E-state index contributed by atoms with van der Waals surface area (Å²) < 4.78 is 0. The van der Waals surface area contributed by atoms with Gasteiger partial charge in [-0.05, 0) is 43.8 Å². The second-order valence-electron chi connectivity index (χ2n) is 4.74. The van der Waals surface area contributed by atoms with Crippen molar-refractivity contribution in [1.82, 2.24) is 4.90 Å². The summed E-state index contributed by atoms with van der Waals surface area (Å²) in [4.78, 5) is 2.48. The van der Waals surface area contributed by atoms with Gasteiger partial charge in [0.05, 0.1) is 0 Å². The molecule has 0 aromatic heterocycles. The van der Waals surface area contributed by atoms with Gasteiger partial charge in [-0.1, -0.05) is 29.8 Å². The molecule has 2 N–H and O–H groups in total. The summed E-state index contributed by atoms with van der Waals surface area (Å²) in [5, 5.41) is 1.64. The first kappa shape index (κ1) is 14.2. The molecule has 1 heterocycles. The predicted octanol–water partition coefficient (Wildman–Crippen LogP) is 3.17. The van der Waals surface area contributed by atoms with E-state index < -0.39 is 0 Å². The third kappa shape index (κ3) is 3.21. The van der Waals surface area contributed by atoms with Crippen LogP contribution < -0.4 is 5.73 Å². The van der Waals surface area contributed by atoms with E-state index in [0.717, 1.165) is 23.4 Å². The van der Waals surface area contributed by atoms with Crippen LogP contribution in [0.4, 0.5) is 0 Å².